The first-order chi connectivity index (χ1) is 10.1. The Labute approximate surface area is 122 Å². The van der Waals surface area contributed by atoms with Crippen molar-refractivity contribution < 1.29 is 9.18 Å². The fourth-order valence-electron chi connectivity index (χ4n) is 2.29. The summed E-state index contributed by atoms with van der Waals surface area (Å²) in [7, 11) is 0. The molecule has 0 spiro atoms. The van der Waals surface area contributed by atoms with Crippen LogP contribution in [0.15, 0.2) is 54.7 Å². The maximum absolute atomic E-state index is 13.3. The van der Waals surface area contributed by atoms with E-state index in [0.29, 0.717) is 5.52 Å². The van der Waals surface area contributed by atoms with Gasteiger partial charge in [-0.25, -0.2) is 4.39 Å². The maximum atomic E-state index is 13.3. The van der Waals surface area contributed by atoms with Gasteiger partial charge in [-0.3, -0.25) is 4.79 Å². The second-order valence-corrected chi connectivity index (χ2v) is 5.06. The van der Waals surface area contributed by atoms with Gasteiger partial charge in [-0.15, -0.1) is 0 Å². The molecule has 1 heterocycles. The summed E-state index contributed by atoms with van der Waals surface area (Å²) in [6.45, 7) is 2.15. The molecule has 0 radical (unpaired) electrons. The second kappa shape index (κ2) is 5.40. The van der Waals surface area contributed by atoms with Crippen LogP contribution in [-0.2, 0) is 11.3 Å². The van der Waals surface area contributed by atoms with E-state index in [-0.39, 0.29) is 18.3 Å². The van der Waals surface area contributed by atoms with Crippen LogP contribution in [0.3, 0.4) is 0 Å². The van der Waals surface area contributed by atoms with Gasteiger partial charge < -0.3 is 9.88 Å². The molecule has 0 unspecified atom stereocenters. The van der Waals surface area contributed by atoms with Crippen LogP contribution in [0.25, 0.3) is 10.9 Å². The fourth-order valence-corrected chi connectivity index (χ4v) is 2.29. The summed E-state index contributed by atoms with van der Waals surface area (Å²) in [5, 5.41) is 3.75. The van der Waals surface area contributed by atoms with E-state index in [1.165, 1.54) is 12.1 Å². The molecule has 1 aromatic heterocycles. The molecule has 0 aliphatic rings. The monoisotopic (exact) mass is 282 g/mol. The molecular weight excluding hydrogens is 267 g/mol. The topological polar surface area (TPSA) is 34.0 Å². The molecule has 0 aliphatic heterocycles. The number of aromatic nitrogens is 1. The Morgan fingerprint density at radius 1 is 1.14 bits per heavy atom. The molecule has 0 fully saturated rings. The number of hydrogen-bond donors (Lipinski definition) is 1. The Hall–Kier alpha value is -2.62. The van der Waals surface area contributed by atoms with Crippen molar-refractivity contribution in [1.29, 1.82) is 0 Å². The Morgan fingerprint density at radius 3 is 2.67 bits per heavy atom. The van der Waals surface area contributed by atoms with Crippen LogP contribution in [0.1, 0.15) is 5.56 Å². The van der Waals surface area contributed by atoms with Crippen molar-refractivity contribution in [2.75, 3.05) is 5.32 Å². The first-order valence-corrected chi connectivity index (χ1v) is 6.73. The first kappa shape index (κ1) is 13.4. The van der Waals surface area contributed by atoms with Crippen LogP contribution in [0.2, 0.25) is 0 Å². The molecule has 21 heavy (non-hydrogen) atoms. The molecule has 1 N–H and O–H groups in total. The van der Waals surface area contributed by atoms with Gasteiger partial charge in [-0.2, -0.15) is 0 Å². The number of nitrogens with one attached hydrogen (secondary N) is 1. The van der Waals surface area contributed by atoms with Crippen molar-refractivity contribution in [3.63, 3.8) is 0 Å². The highest BCUT2D eigenvalue weighted by Crippen LogP contribution is 2.17. The van der Waals surface area contributed by atoms with E-state index in [9.17, 15) is 9.18 Å². The Balaban J connectivity index is 1.77. The first-order valence-electron chi connectivity index (χ1n) is 6.73. The summed E-state index contributed by atoms with van der Waals surface area (Å²) in [5.74, 6) is -0.443. The summed E-state index contributed by atoms with van der Waals surface area (Å²) in [6, 6.07) is 14.0. The van der Waals surface area contributed by atoms with Gasteiger partial charge in [-0.1, -0.05) is 17.7 Å². The number of aryl methyl sites for hydroxylation is 1. The van der Waals surface area contributed by atoms with Gasteiger partial charge in [0.15, 0.2) is 0 Å². The molecule has 4 heteroatoms. The van der Waals surface area contributed by atoms with Gasteiger partial charge in [0.1, 0.15) is 12.4 Å². The zero-order valence-electron chi connectivity index (χ0n) is 11.6. The minimum atomic E-state index is -0.304. The van der Waals surface area contributed by atoms with Crippen molar-refractivity contribution in [1.82, 2.24) is 4.57 Å². The molecule has 0 aliphatic carbocycles. The van der Waals surface area contributed by atoms with Crippen LogP contribution >= 0.6 is 0 Å². The van der Waals surface area contributed by atoms with Gasteiger partial charge in [0, 0.05) is 11.9 Å². The molecule has 0 saturated carbocycles. The van der Waals surface area contributed by atoms with E-state index in [2.05, 4.69) is 5.32 Å². The highest BCUT2D eigenvalue weighted by molar-refractivity contribution is 5.92. The van der Waals surface area contributed by atoms with Crippen LogP contribution in [0.5, 0.6) is 0 Å². The highest BCUT2D eigenvalue weighted by atomic mass is 19.1. The molecule has 3 rings (SSSR count). The zero-order valence-corrected chi connectivity index (χ0v) is 11.6. The Bertz CT molecular complexity index is 790. The molecule has 0 bridgehead atoms. The number of carbonyl (C=O) groups is 1. The number of carbonyl (C=O) groups excluding carboxylic acids is 1. The third-order valence-electron chi connectivity index (χ3n) is 3.39. The predicted octanol–water partition coefficient (Wildman–Crippen LogP) is 3.73. The predicted molar refractivity (Wildman–Crippen MR) is 81.7 cm³/mol. The van der Waals surface area contributed by atoms with Crippen molar-refractivity contribution in [3.8, 4) is 0 Å². The number of amides is 1. The minimum Gasteiger partial charge on any atom is -0.338 e. The van der Waals surface area contributed by atoms with E-state index in [1.807, 2.05) is 37.3 Å². The normalized spacial score (nSPS) is 10.8. The second-order valence-electron chi connectivity index (χ2n) is 5.06. The molecule has 3 aromatic rings. The molecule has 2 aromatic carbocycles. The lowest BCUT2D eigenvalue weighted by molar-refractivity contribution is -0.116. The molecule has 0 saturated heterocycles. The molecule has 0 atom stereocenters. The number of rotatable bonds is 3. The Kier molecular flexibility index (Phi) is 3.44. The maximum Gasteiger partial charge on any atom is 0.244 e. The van der Waals surface area contributed by atoms with E-state index in [1.54, 1.807) is 16.8 Å². The van der Waals surface area contributed by atoms with Gasteiger partial charge in [0.05, 0.1) is 5.52 Å². The number of hydrogen-bond acceptors (Lipinski definition) is 1. The average molecular weight is 282 g/mol. The standard InChI is InChI=1S/C17H15FN2O/c1-12-2-6-15(7-3-12)19-17(21)11-20-9-8-13-4-5-14(18)10-16(13)20/h2-10H,11H2,1H3,(H,19,21). The molecule has 106 valence electrons. The smallest absolute Gasteiger partial charge is 0.244 e. The van der Waals surface area contributed by atoms with Gasteiger partial charge in [0.2, 0.25) is 5.91 Å². The third kappa shape index (κ3) is 2.94. The number of anilines is 1. The highest BCUT2D eigenvalue weighted by Gasteiger charge is 2.07. The Morgan fingerprint density at radius 2 is 1.90 bits per heavy atom. The number of fused-ring (bicyclic) bond motifs is 1. The fraction of sp³-hybridized carbons (Fsp3) is 0.118. The summed E-state index contributed by atoms with van der Waals surface area (Å²) >= 11 is 0. The van der Waals surface area contributed by atoms with Crippen molar-refractivity contribution >= 4 is 22.5 Å². The molecule has 1 amide bonds. The van der Waals surface area contributed by atoms with Crippen molar-refractivity contribution in [2.45, 2.75) is 13.5 Å². The molecular formula is C17H15FN2O. The third-order valence-corrected chi connectivity index (χ3v) is 3.39. The van der Waals surface area contributed by atoms with E-state index < -0.39 is 0 Å². The summed E-state index contributed by atoms with van der Waals surface area (Å²) in [6.07, 6.45) is 1.79. The SMILES string of the molecule is Cc1ccc(NC(=O)Cn2ccc3ccc(F)cc32)cc1. The van der Waals surface area contributed by atoms with Gasteiger partial charge in [-0.05, 0) is 48.7 Å². The van der Waals surface area contributed by atoms with Gasteiger partial charge in [0.25, 0.3) is 0 Å². The number of nitrogens with zero attached hydrogens (tertiary/aromatic N) is 1. The van der Waals surface area contributed by atoms with E-state index in [0.717, 1.165) is 16.6 Å². The lowest BCUT2D eigenvalue weighted by atomic mass is 10.2. The van der Waals surface area contributed by atoms with Crippen LogP contribution in [0, 0.1) is 12.7 Å². The average Bonchev–Trinajstić information content (AvgIpc) is 2.84. The van der Waals surface area contributed by atoms with Crippen LogP contribution in [0.4, 0.5) is 10.1 Å². The van der Waals surface area contributed by atoms with Crippen molar-refractivity contribution in [3.05, 3.63) is 66.1 Å². The molecule has 3 nitrogen and oxygen atoms in total. The van der Waals surface area contributed by atoms with Gasteiger partial charge >= 0.3 is 0 Å². The summed E-state index contributed by atoms with van der Waals surface area (Å²) < 4.78 is 15.0. The van der Waals surface area contributed by atoms with Crippen LogP contribution < -0.4 is 5.32 Å². The summed E-state index contributed by atoms with van der Waals surface area (Å²) in [4.78, 5) is 12.1. The van der Waals surface area contributed by atoms with Crippen molar-refractivity contribution in [2.24, 2.45) is 0 Å². The number of benzene rings is 2. The van der Waals surface area contributed by atoms with E-state index in [4.69, 9.17) is 0 Å². The lowest BCUT2D eigenvalue weighted by Crippen LogP contribution is -2.18. The van der Waals surface area contributed by atoms with E-state index >= 15 is 0 Å². The number of halogens is 1. The lowest BCUT2D eigenvalue weighted by Gasteiger charge is -2.08. The zero-order chi connectivity index (χ0) is 14.8. The van der Waals surface area contributed by atoms with Crippen LogP contribution in [-0.4, -0.2) is 10.5 Å². The largest absolute Gasteiger partial charge is 0.338 e. The summed E-state index contributed by atoms with van der Waals surface area (Å²) in [5.41, 5.74) is 2.61. The quantitative estimate of drug-likeness (QED) is 0.780. The minimum absolute atomic E-state index is 0.138.